The number of aliphatic hydroxyl groups is 1. The van der Waals surface area contributed by atoms with Crippen LogP contribution in [0.5, 0.6) is 0 Å². The summed E-state index contributed by atoms with van der Waals surface area (Å²) in [4.78, 5) is 11.8. The molecule has 24 heavy (non-hydrogen) atoms. The van der Waals surface area contributed by atoms with E-state index in [4.69, 9.17) is 0 Å². The topological polar surface area (TPSA) is 49.3 Å². The summed E-state index contributed by atoms with van der Waals surface area (Å²) in [5.74, 6) is -2.57. The Labute approximate surface area is 133 Å². The summed E-state index contributed by atoms with van der Waals surface area (Å²) < 4.78 is 64.4. The minimum Gasteiger partial charge on any atom is -0.388 e. The van der Waals surface area contributed by atoms with Crippen molar-refractivity contribution in [3.8, 4) is 0 Å². The molecule has 128 valence electrons. The number of benzene rings is 2. The van der Waals surface area contributed by atoms with Crippen LogP contribution in [0.4, 0.5) is 27.6 Å². The Morgan fingerprint density at radius 3 is 2.46 bits per heavy atom. The smallest absolute Gasteiger partial charge is 0.388 e. The average Bonchev–Trinajstić information content (AvgIpc) is 2.48. The maximum Gasteiger partial charge on any atom is 0.416 e. The molecule has 0 heterocycles. The lowest BCUT2D eigenvalue weighted by molar-refractivity contribution is -0.137. The number of hydrogen-bond acceptors (Lipinski definition) is 2. The number of anilines is 1. The standard InChI is InChI=1S/C16H12F5NO2/c17-11-3-1-2-9(6-11)14(23)8-15(24)22-13-7-10(16(19,20)21)4-5-12(13)18/h1-7,14,23H,8H2,(H,22,24). The Bertz CT molecular complexity index is 745. The van der Waals surface area contributed by atoms with Crippen molar-refractivity contribution < 1.29 is 31.9 Å². The van der Waals surface area contributed by atoms with Crippen LogP contribution in [-0.2, 0) is 11.0 Å². The lowest BCUT2D eigenvalue weighted by Crippen LogP contribution is -2.17. The van der Waals surface area contributed by atoms with Crippen LogP contribution in [0.3, 0.4) is 0 Å². The maximum absolute atomic E-state index is 13.5. The van der Waals surface area contributed by atoms with Crippen molar-refractivity contribution in [3.05, 3.63) is 65.2 Å². The van der Waals surface area contributed by atoms with Crippen LogP contribution in [0.25, 0.3) is 0 Å². The molecule has 3 nitrogen and oxygen atoms in total. The van der Waals surface area contributed by atoms with Gasteiger partial charge in [-0.15, -0.1) is 0 Å². The van der Waals surface area contributed by atoms with E-state index in [2.05, 4.69) is 0 Å². The van der Waals surface area contributed by atoms with Gasteiger partial charge in [0, 0.05) is 0 Å². The number of aliphatic hydroxyl groups excluding tert-OH is 1. The minimum atomic E-state index is -4.69. The van der Waals surface area contributed by atoms with E-state index in [1.54, 1.807) is 0 Å². The number of carbonyl (C=O) groups excluding carboxylic acids is 1. The third-order valence-corrected chi connectivity index (χ3v) is 3.18. The van der Waals surface area contributed by atoms with Gasteiger partial charge in [0.25, 0.3) is 0 Å². The summed E-state index contributed by atoms with van der Waals surface area (Å²) >= 11 is 0. The highest BCUT2D eigenvalue weighted by Gasteiger charge is 2.31. The molecule has 0 aliphatic rings. The van der Waals surface area contributed by atoms with Crippen molar-refractivity contribution in [1.82, 2.24) is 0 Å². The number of amides is 1. The number of hydrogen-bond donors (Lipinski definition) is 2. The van der Waals surface area contributed by atoms with E-state index in [9.17, 15) is 31.9 Å². The van der Waals surface area contributed by atoms with Gasteiger partial charge in [-0.05, 0) is 35.9 Å². The predicted molar refractivity (Wildman–Crippen MR) is 76.0 cm³/mol. The van der Waals surface area contributed by atoms with E-state index < -0.39 is 47.5 Å². The average molecular weight is 345 g/mol. The van der Waals surface area contributed by atoms with Crippen molar-refractivity contribution in [2.45, 2.75) is 18.7 Å². The summed E-state index contributed by atoms with van der Waals surface area (Å²) in [6.07, 6.45) is -6.64. The van der Waals surface area contributed by atoms with Crippen molar-refractivity contribution in [1.29, 1.82) is 0 Å². The number of halogens is 5. The van der Waals surface area contributed by atoms with Gasteiger partial charge in [-0.3, -0.25) is 4.79 Å². The fraction of sp³-hybridized carbons (Fsp3) is 0.188. The zero-order chi connectivity index (χ0) is 17.9. The molecule has 2 aromatic rings. The molecule has 0 spiro atoms. The van der Waals surface area contributed by atoms with Gasteiger partial charge in [0.05, 0.1) is 23.8 Å². The Kier molecular flexibility index (Phi) is 5.18. The molecule has 0 aliphatic carbocycles. The van der Waals surface area contributed by atoms with E-state index >= 15 is 0 Å². The van der Waals surface area contributed by atoms with E-state index in [0.29, 0.717) is 18.2 Å². The van der Waals surface area contributed by atoms with Crippen molar-refractivity contribution >= 4 is 11.6 Å². The SMILES string of the molecule is O=C(CC(O)c1cccc(F)c1)Nc1cc(C(F)(F)F)ccc1F. The largest absolute Gasteiger partial charge is 0.416 e. The highest BCUT2D eigenvalue weighted by atomic mass is 19.4. The van der Waals surface area contributed by atoms with Crippen LogP contribution in [0.2, 0.25) is 0 Å². The molecule has 0 aliphatic heterocycles. The molecule has 0 bridgehead atoms. The van der Waals surface area contributed by atoms with Gasteiger partial charge in [0.1, 0.15) is 11.6 Å². The molecule has 0 saturated heterocycles. The third-order valence-electron chi connectivity index (χ3n) is 3.18. The van der Waals surface area contributed by atoms with Crippen molar-refractivity contribution in [2.75, 3.05) is 5.32 Å². The Balaban J connectivity index is 2.09. The summed E-state index contributed by atoms with van der Waals surface area (Å²) in [5, 5.41) is 11.8. The highest BCUT2D eigenvalue weighted by Crippen LogP contribution is 2.32. The summed E-state index contributed by atoms with van der Waals surface area (Å²) in [7, 11) is 0. The number of carbonyl (C=O) groups is 1. The molecule has 2 rings (SSSR count). The lowest BCUT2D eigenvalue weighted by atomic mass is 10.1. The minimum absolute atomic E-state index is 0.120. The zero-order valence-corrected chi connectivity index (χ0v) is 12.1. The molecule has 0 aromatic heterocycles. The molecule has 2 aromatic carbocycles. The lowest BCUT2D eigenvalue weighted by Gasteiger charge is -2.13. The van der Waals surface area contributed by atoms with E-state index in [0.717, 1.165) is 12.1 Å². The molecule has 0 fully saturated rings. The predicted octanol–water partition coefficient (Wildman–Crippen LogP) is 4.05. The van der Waals surface area contributed by atoms with Gasteiger partial charge in [-0.25, -0.2) is 8.78 Å². The first kappa shape index (κ1) is 17.9. The first-order valence-electron chi connectivity index (χ1n) is 6.77. The molecule has 2 N–H and O–H groups in total. The molecule has 1 amide bonds. The van der Waals surface area contributed by atoms with Crippen LogP contribution in [-0.4, -0.2) is 11.0 Å². The fourth-order valence-electron chi connectivity index (χ4n) is 2.01. The molecule has 1 unspecified atom stereocenters. The van der Waals surface area contributed by atoms with E-state index in [1.807, 2.05) is 5.32 Å². The first-order chi connectivity index (χ1) is 11.2. The van der Waals surface area contributed by atoms with Gasteiger partial charge in [-0.1, -0.05) is 12.1 Å². The van der Waals surface area contributed by atoms with Gasteiger partial charge < -0.3 is 10.4 Å². The van der Waals surface area contributed by atoms with E-state index in [1.165, 1.54) is 12.1 Å². The second-order valence-corrected chi connectivity index (χ2v) is 5.02. The van der Waals surface area contributed by atoms with Crippen molar-refractivity contribution in [3.63, 3.8) is 0 Å². The Hall–Kier alpha value is -2.48. The normalized spacial score (nSPS) is 12.8. The highest BCUT2D eigenvalue weighted by molar-refractivity contribution is 5.91. The number of alkyl halides is 3. The van der Waals surface area contributed by atoms with Gasteiger partial charge >= 0.3 is 6.18 Å². The van der Waals surface area contributed by atoms with Crippen LogP contribution < -0.4 is 5.32 Å². The number of rotatable bonds is 4. The van der Waals surface area contributed by atoms with Crippen LogP contribution in [0, 0.1) is 11.6 Å². The molecule has 8 heteroatoms. The Morgan fingerprint density at radius 2 is 1.83 bits per heavy atom. The first-order valence-corrected chi connectivity index (χ1v) is 6.77. The maximum atomic E-state index is 13.5. The zero-order valence-electron chi connectivity index (χ0n) is 12.1. The van der Waals surface area contributed by atoms with Gasteiger partial charge in [-0.2, -0.15) is 13.2 Å². The second-order valence-electron chi connectivity index (χ2n) is 5.02. The molecule has 1 atom stereocenters. The van der Waals surface area contributed by atoms with Crippen LogP contribution in [0.1, 0.15) is 23.7 Å². The summed E-state index contributed by atoms with van der Waals surface area (Å²) in [5.41, 5.74) is -1.65. The second kappa shape index (κ2) is 6.96. The monoisotopic (exact) mass is 345 g/mol. The fourth-order valence-corrected chi connectivity index (χ4v) is 2.01. The third kappa shape index (κ3) is 4.51. The summed E-state index contributed by atoms with van der Waals surface area (Å²) in [6.45, 7) is 0. The number of nitrogens with one attached hydrogen (secondary N) is 1. The van der Waals surface area contributed by atoms with Gasteiger partial charge in [0.15, 0.2) is 0 Å². The van der Waals surface area contributed by atoms with Crippen molar-refractivity contribution in [2.24, 2.45) is 0 Å². The molecule has 0 radical (unpaired) electrons. The van der Waals surface area contributed by atoms with Crippen LogP contribution in [0.15, 0.2) is 42.5 Å². The molecular formula is C16H12F5NO2. The Morgan fingerprint density at radius 1 is 1.12 bits per heavy atom. The molecular weight excluding hydrogens is 333 g/mol. The molecule has 0 saturated carbocycles. The van der Waals surface area contributed by atoms with E-state index in [-0.39, 0.29) is 5.56 Å². The van der Waals surface area contributed by atoms with Gasteiger partial charge in [0.2, 0.25) is 5.91 Å². The van der Waals surface area contributed by atoms with Crippen LogP contribution >= 0.6 is 0 Å². The quantitative estimate of drug-likeness (QED) is 0.822. The summed E-state index contributed by atoms with van der Waals surface area (Å²) in [6, 6.07) is 6.47.